The first kappa shape index (κ1) is 6.43. The third kappa shape index (κ3) is 1.25. The van der Waals surface area contributed by atoms with Crippen LogP contribution in [0.15, 0.2) is 0 Å². The zero-order valence-electron chi connectivity index (χ0n) is 5.52. The van der Waals surface area contributed by atoms with Crippen LogP contribution in [-0.4, -0.2) is 11.3 Å². The van der Waals surface area contributed by atoms with Gasteiger partial charge in [-0.25, -0.2) is 0 Å². The van der Waals surface area contributed by atoms with E-state index in [1.165, 1.54) is 32.1 Å². The molecule has 1 unspecified atom stereocenters. The lowest BCUT2D eigenvalue weighted by molar-refractivity contribution is 0.516. The highest BCUT2D eigenvalue weighted by Crippen LogP contribution is 2.64. The molecular formula is C7H12ClP. The van der Waals surface area contributed by atoms with Crippen LogP contribution in [0, 0.1) is 0 Å². The molecule has 0 aromatic carbocycles. The maximum atomic E-state index is 6.24. The van der Waals surface area contributed by atoms with Gasteiger partial charge in [0.1, 0.15) is 0 Å². The normalized spacial score (nSPS) is 31.7. The molecule has 52 valence electrons. The Morgan fingerprint density at radius 1 is 1.00 bits per heavy atom. The van der Waals surface area contributed by atoms with E-state index in [1.54, 1.807) is 0 Å². The van der Waals surface area contributed by atoms with Gasteiger partial charge in [-0.3, -0.25) is 0 Å². The summed E-state index contributed by atoms with van der Waals surface area (Å²) >= 11 is 6.24. The third-order valence-electron chi connectivity index (χ3n) is 2.32. The van der Waals surface area contributed by atoms with Gasteiger partial charge in [0.2, 0.25) is 0 Å². The highest BCUT2D eigenvalue weighted by molar-refractivity contribution is 7.85. The van der Waals surface area contributed by atoms with Crippen molar-refractivity contribution in [1.82, 2.24) is 0 Å². The average molecular weight is 163 g/mol. The summed E-state index contributed by atoms with van der Waals surface area (Å²) < 4.78 is 0. The predicted octanol–water partition coefficient (Wildman–Crippen LogP) is 3.34. The molecule has 2 aliphatic rings. The van der Waals surface area contributed by atoms with Crippen LogP contribution >= 0.6 is 18.5 Å². The lowest BCUT2D eigenvalue weighted by Gasteiger charge is -2.29. The van der Waals surface area contributed by atoms with Crippen molar-refractivity contribution in [3.8, 4) is 0 Å². The summed E-state index contributed by atoms with van der Waals surface area (Å²) in [5, 5.41) is 0. The fourth-order valence-electron chi connectivity index (χ4n) is 1.25. The highest BCUT2D eigenvalue weighted by Gasteiger charge is 2.37. The first-order valence-electron chi connectivity index (χ1n) is 3.82. The first-order chi connectivity index (χ1) is 4.38. The van der Waals surface area contributed by atoms with E-state index in [1.807, 2.05) is 0 Å². The Labute approximate surface area is 62.5 Å². The van der Waals surface area contributed by atoms with Crippen molar-refractivity contribution in [1.29, 1.82) is 0 Å². The third-order valence-corrected chi connectivity index (χ3v) is 6.40. The molecule has 0 heterocycles. The second-order valence-electron chi connectivity index (χ2n) is 3.16. The number of hydrogen-bond acceptors (Lipinski definition) is 0. The van der Waals surface area contributed by atoms with E-state index in [0.717, 1.165) is 11.3 Å². The van der Waals surface area contributed by atoms with Gasteiger partial charge in [0.05, 0.1) is 0 Å². The first-order valence-corrected chi connectivity index (χ1v) is 6.20. The summed E-state index contributed by atoms with van der Waals surface area (Å²) in [7, 11) is -0.0307. The van der Waals surface area contributed by atoms with Gasteiger partial charge >= 0.3 is 0 Å². The minimum absolute atomic E-state index is 0.0307. The Morgan fingerprint density at radius 3 is 1.89 bits per heavy atom. The summed E-state index contributed by atoms with van der Waals surface area (Å²) in [6.07, 6.45) is 7.19. The van der Waals surface area contributed by atoms with Crippen molar-refractivity contribution in [2.45, 2.75) is 43.4 Å². The van der Waals surface area contributed by atoms with E-state index < -0.39 is 0 Å². The minimum Gasteiger partial charge on any atom is -0.0958 e. The molecule has 0 aliphatic heterocycles. The predicted molar refractivity (Wildman–Crippen MR) is 43.4 cm³/mol. The van der Waals surface area contributed by atoms with Crippen molar-refractivity contribution in [2.75, 3.05) is 0 Å². The van der Waals surface area contributed by atoms with Gasteiger partial charge in [0, 0.05) is 0 Å². The molecule has 0 nitrogen and oxygen atoms in total. The Bertz CT molecular complexity index is 107. The molecule has 2 saturated carbocycles. The Balaban J connectivity index is 1.81. The van der Waals surface area contributed by atoms with Crippen molar-refractivity contribution in [3.63, 3.8) is 0 Å². The molecule has 2 fully saturated rings. The van der Waals surface area contributed by atoms with Gasteiger partial charge in [-0.05, 0) is 44.3 Å². The molecule has 0 aromatic heterocycles. The summed E-state index contributed by atoms with van der Waals surface area (Å²) in [6.45, 7) is 0. The Kier molecular flexibility index (Phi) is 1.71. The quantitative estimate of drug-likeness (QED) is 0.547. The van der Waals surface area contributed by atoms with Crippen LogP contribution in [0.2, 0.25) is 0 Å². The summed E-state index contributed by atoms with van der Waals surface area (Å²) in [5.74, 6) is 0. The van der Waals surface area contributed by atoms with Gasteiger partial charge < -0.3 is 0 Å². The lowest BCUT2D eigenvalue weighted by Crippen LogP contribution is -2.14. The SMILES string of the molecule is ClP(C1CCC1)C1CC1. The van der Waals surface area contributed by atoms with Crippen LogP contribution in [0.3, 0.4) is 0 Å². The van der Waals surface area contributed by atoms with Gasteiger partial charge in [-0.1, -0.05) is 17.7 Å². The molecule has 0 aromatic rings. The molecule has 2 aliphatic carbocycles. The molecule has 2 heteroatoms. The van der Waals surface area contributed by atoms with E-state index >= 15 is 0 Å². The molecule has 0 bridgehead atoms. The summed E-state index contributed by atoms with van der Waals surface area (Å²) in [4.78, 5) is 0. The largest absolute Gasteiger partial charge is 0.0958 e. The Morgan fingerprint density at radius 2 is 1.56 bits per heavy atom. The molecule has 0 N–H and O–H groups in total. The van der Waals surface area contributed by atoms with Crippen molar-refractivity contribution < 1.29 is 0 Å². The zero-order valence-corrected chi connectivity index (χ0v) is 7.17. The maximum Gasteiger partial charge on any atom is -0.00339 e. The lowest BCUT2D eigenvalue weighted by atomic mass is 10.00. The summed E-state index contributed by atoms with van der Waals surface area (Å²) in [6, 6.07) is 0. The molecule has 0 radical (unpaired) electrons. The second-order valence-corrected chi connectivity index (χ2v) is 6.48. The fraction of sp³-hybridized carbons (Fsp3) is 1.00. The van der Waals surface area contributed by atoms with Crippen molar-refractivity contribution >= 4 is 18.5 Å². The van der Waals surface area contributed by atoms with E-state index in [4.69, 9.17) is 11.2 Å². The number of halogens is 1. The molecule has 9 heavy (non-hydrogen) atoms. The van der Waals surface area contributed by atoms with E-state index in [-0.39, 0.29) is 7.27 Å². The highest BCUT2D eigenvalue weighted by atomic mass is 35.7. The van der Waals surface area contributed by atoms with E-state index in [2.05, 4.69) is 0 Å². The van der Waals surface area contributed by atoms with Crippen molar-refractivity contribution in [2.24, 2.45) is 0 Å². The fourth-order valence-corrected chi connectivity index (χ4v) is 4.52. The monoisotopic (exact) mass is 162 g/mol. The van der Waals surface area contributed by atoms with Crippen LogP contribution in [0.5, 0.6) is 0 Å². The zero-order chi connectivity index (χ0) is 6.27. The maximum absolute atomic E-state index is 6.24. The van der Waals surface area contributed by atoms with Crippen LogP contribution in [0.25, 0.3) is 0 Å². The second kappa shape index (κ2) is 2.40. The standard InChI is InChI=1S/C7H12ClP/c8-9(7-4-5-7)6-2-1-3-6/h6-7H,1-5H2. The molecule has 0 saturated heterocycles. The molecule has 0 spiro atoms. The van der Waals surface area contributed by atoms with Gasteiger partial charge in [0.25, 0.3) is 0 Å². The molecule has 2 rings (SSSR count). The number of hydrogen-bond donors (Lipinski definition) is 0. The van der Waals surface area contributed by atoms with Gasteiger partial charge in [0.15, 0.2) is 0 Å². The van der Waals surface area contributed by atoms with Crippen LogP contribution in [0.4, 0.5) is 0 Å². The van der Waals surface area contributed by atoms with Gasteiger partial charge in [-0.15, -0.1) is 0 Å². The van der Waals surface area contributed by atoms with Gasteiger partial charge in [-0.2, -0.15) is 0 Å². The minimum atomic E-state index is -0.0307. The average Bonchev–Trinajstić information content (AvgIpc) is 2.37. The van der Waals surface area contributed by atoms with E-state index in [0.29, 0.717) is 0 Å². The molecule has 1 atom stereocenters. The van der Waals surface area contributed by atoms with Crippen LogP contribution in [-0.2, 0) is 0 Å². The molecule has 0 amide bonds. The molecular weight excluding hydrogens is 151 g/mol. The van der Waals surface area contributed by atoms with Crippen LogP contribution < -0.4 is 0 Å². The topological polar surface area (TPSA) is 0 Å². The number of rotatable bonds is 2. The van der Waals surface area contributed by atoms with E-state index in [9.17, 15) is 0 Å². The van der Waals surface area contributed by atoms with Crippen molar-refractivity contribution in [3.05, 3.63) is 0 Å². The summed E-state index contributed by atoms with van der Waals surface area (Å²) in [5.41, 5.74) is 1.95. The Hall–Kier alpha value is 0.720. The van der Waals surface area contributed by atoms with Crippen LogP contribution in [0.1, 0.15) is 32.1 Å². The smallest absolute Gasteiger partial charge is 0.00339 e.